The summed E-state index contributed by atoms with van der Waals surface area (Å²) in [7, 11) is 1.46. The monoisotopic (exact) mass is 427 g/mol. The molecule has 0 aliphatic heterocycles. The molecule has 0 aliphatic rings. The lowest BCUT2D eigenvalue weighted by atomic mass is 10.2. The van der Waals surface area contributed by atoms with Gasteiger partial charge in [-0.2, -0.15) is 0 Å². The first kappa shape index (κ1) is 20.2. The highest BCUT2D eigenvalue weighted by atomic mass is 32.2. The maximum Gasteiger partial charge on any atom is 0.335 e. The van der Waals surface area contributed by atoms with Crippen LogP contribution in [0.5, 0.6) is 5.75 Å². The van der Waals surface area contributed by atoms with Crippen LogP contribution < -0.4 is 9.46 Å². The summed E-state index contributed by atoms with van der Waals surface area (Å²) in [4.78, 5) is 25.6. The van der Waals surface area contributed by atoms with Gasteiger partial charge in [0, 0.05) is 35.0 Å². The van der Waals surface area contributed by atoms with Crippen LogP contribution in [0, 0.1) is 22.0 Å². The number of benzene rings is 2. The molecule has 0 radical (unpaired) electrons. The molecule has 0 saturated carbocycles. The lowest BCUT2D eigenvalue weighted by molar-refractivity contribution is -0.384. The fourth-order valence-corrected chi connectivity index (χ4v) is 3.61. The highest BCUT2D eigenvalue weighted by molar-refractivity contribution is 8.00. The Balaban J connectivity index is 1.65. The number of aromatic carboxylic acids is 1. The van der Waals surface area contributed by atoms with E-state index in [2.05, 4.69) is 21.5 Å². The van der Waals surface area contributed by atoms with Crippen LogP contribution in [0.25, 0.3) is 0 Å². The van der Waals surface area contributed by atoms with Crippen LogP contribution in [0.15, 0.2) is 52.9 Å². The van der Waals surface area contributed by atoms with Crippen molar-refractivity contribution in [2.75, 3.05) is 11.8 Å². The highest BCUT2D eigenvalue weighted by Crippen LogP contribution is 2.30. The van der Waals surface area contributed by atoms with Crippen LogP contribution in [0.3, 0.4) is 0 Å². The van der Waals surface area contributed by atoms with E-state index in [1.807, 2.05) is 5.38 Å². The lowest BCUT2D eigenvalue weighted by Gasteiger charge is -2.10. The van der Waals surface area contributed by atoms with Gasteiger partial charge in [-0.15, -0.1) is 11.3 Å². The molecule has 146 valence electrons. The minimum atomic E-state index is -1.03. The van der Waals surface area contributed by atoms with E-state index in [-0.39, 0.29) is 11.3 Å². The fourth-order valence-electron chi connectivity index (χ4n) is 2.17. The number of nitrogens with zero attached hydrogens (tertiary/aromatic N) is 2. The number of methoxy groups -OCH3 is 1. The van der Waals surface area contributed by atoms with Crippen molar-refractivity contribution in [2.24, 2.45) is 0 Å². The van der Waals surface area contributed by atoms with E-state index in [9.17, 15) is 14.9 Å². The predicted molar refractivity (Wildman–Crippen MR) is 111 cm³/mol. The molecule has 0 aliphatic carbocycles. The molecule has 2 aromatic carbocycles. The van der Waals surface area contributed by atoms with Gasteiger partial charge in [-0.25, -0.2) is 9.78 Å². The molecule has 0 unspecified atom stereocenters. The molecule has 2 N–H and O–H groups in total. The molecule has 0 fully saturated rings. The summed E-state index contributed by atoms with van der Waals surface area (Å²) in [6.45, 7) is 0. The topological polar surface area (TPSA) is 115 Å². The average molecular weight is 427 g/mol. The lowest BCUT2D eigenvalue weighted by Crippen LogP contribution is -1.99. The molecule has 0 atom stereocenters. The first-order valence-electron chi connectivity index (χ1n) is 8.02. The third-order valence-electron chi connectivity index (χ3n) is 3.59. The minimum Gasteiger partial charge on any atom is -0.495 e. The second-order valence-electron chi connectivity index (χ2n) is 5.47. The number of nitro groups is 1. The van der Waals surface area contributed by atoms with Crippen LogP contribution in [-0.4, -0.2) is 28.1 Å². The Bertz CT molecular complexity index is 1120. The molecule has 1 heterocycles. The summed E-state index contributed by atoms with van der Waals surface area (Å²) in [5.74, 6) is 5.23. The van der Waals surface area contributed by atoms with Crippen LogP contribution in [0.1, 0.15) is 20.9 Å². The first-order valence-corrected chi connectivity index (χ1v) is 9.72. The molecule has 0 spiro atoms. The van der Waals surface area contributed by atoms with Crippen molar-refractivity contribution in [2.45, 2.75) is 5.03 Å². The van der Waals surface area contributed by atoms with Crippen molar-refractivity contribution in [3.05, 3.63) is 74.1 Å². The van der Waals surface area contributed by atoms with Crippen molar-refractivity contribution >= 4 is 40.6 Å². The second kappa shape index (κ2) is 9.09. The normalized spacial score (nSPS) is 9.97. The number of nitrogens with one attached hydrogen (secondary N) is 1. The number of rotatable bonds is 6. The van der Waals surface area contributed by atoms with Crippen LogP contribution >= 0.6 is 23.3 Å². The zero-order valence-electron chi connectivity index (χ0n) is 14.9. The number of carboxylic acid groups (broad SMARTS) is 1. The maximum absolute atomic E-state index is 11.0. The quantitative estimate of drug-likeness (QED) is 0.259. The van der Waals surface area contributed by atoms with Gasteiger partial charge in [-0.3, -0.25) is 10.1 Å². The molecule has 29 heavy (non-hydrogen) atoms. The Morgan fingerprint density at radius 1 is 1.28 bits per heavy atom. The van der Waals surface area contributed by atoms with Crippen molar-refractivity contribution in [1.29, 1.82) is 0 Å². The van der Waals surface area contributed by atoms with Gasteiger partial charge in [0.25, 0.3) is 5.69 Å². The smallest absolute Gasteiger partial charge is 0.335 e. The number of hydrogen-bond donors (Lipinski definition) is 2. The first-order chi connectivity index (χ1) is 14.0. The minimum absolute atomic E-state index is 0.0152. The zero-order chi connectivity index (χ0) is 20.8. The van der Waals surface area contributed by atoms with Crippen molar-refractivity contribution in [3.8, 4) is 17.6 Å². The van der Waals surface area contributed by atoms with E-state index in [0.717, 1.165) is 0 Å². The Hall–Kier alpha value is -3.55. The number of carboxylic acids is 1. The van der Waals surface area contributed by atoms with Gasteiger partial charge < -0.3 is 14.6 Å². The van der Waals surface area contributed by atoms with E-state index in [1.54, 1.807) is 18.2 Å². The molecule has 10 heteroatoms. The third-order valence-corrected chi connectivity index (χ3v) is 5.24. The summed E-state index contributed by atoms with van der Waals surface area (Å²) < 4.78 is 8.30. The van der Waals surface area contributed by atoms with Crippen LogP contribution in [-0.2, 0) is 0 Å². The fraction of sp³-hybridized carbons (Fsp3) is 0.0526. The molecular weight excluding hydrogens is 414 g/mol. The summed E-state index contributed by atoms with van der Waals surface area (Å²) in [5.41, 5.74) is 1.42. The number of anilines is 1. The van der Waals surface area contributed by atoms with Gasteiger partial charge in [0.15, 0.2) is 5.01 Å². The summed E-state index contributed by atoms with van der Waals surface area (Å²) in [6.07, 6.45) is 0. The van der Waals surface area contributed by atoms with Gasteiger partial charge in [-0.05, 0) is 36.3 Å². The van der Waals surface area contributed by atoms with Crippen LogP contribution in [0.4, 0.5) is 11.4 Å². The van der Waals surface area contributed by atoms with Crippen molar-refractivity contribution in [1.82, 2.24) is 4.98 Å². The second-order valence-corrected chi connectivity index (χ2v) is 7.15. The Morgan fingerprint density at radius 2 is 2.03 bits per heavy atom. The molecule has 0 bridgehead atoms. The van der Waals surface area contributed by atoms with E-state index < -0.39 is 10.9 Å². The number of carbonyl (C=O) groups is 1. The zero-order valence-corrected chi connectivity index (χ0v) is 16.5. The van der Waals surface area contributed by atoms with E-state index >= 15 is 0 Å². The molecule has 1 aromatic heterocycles. The molecule has 8 nitrogen and oxygen atoms in total. The number of aromatic nitrogens is 1. The summed E-state index contributed by atoms with van der Waals surface area (Å²) in [5, 5.41) is 22.8. The van der Waals surface area contributed by atoms with Crippen LogP contribution in [0.2, 0.25) is 0 Å². The number of nitro benzene ring substituents is 1. The SMILES string of the molecule is COc1cc(C(=O)O)ccc1NSc1csc(C#Cc2ccc([N+](=O)[O-])cc2)n1. The number of ether oxygens (including phenoxy) is 1. The van der Waals surface area contributed by atoms with Gasteiger partial charge >= 0.3 is 5.97 Å². The number of hydrogen-bond acceptors (Lipinski definition) is 8. The highest BCUT2D eigenvalue weighted by Gasteiger charge is 2.10. The van der Waals surface area contributed by atoms with E-state index in [0.29, 0.717) is 27.0 Å². The predicted octanol–water partition coefficient (Wildman–Crippen LogP) is 4.28. The van der Waals surface area contributed by atoms with E-state index in [1.165, 1.54) is 54.7 Å². The van der Waals surface area contributed by atoms with Gasteiger partial charge in [0.05, 0.1) is 23.3 Å². The summed E-state index contributed by atoms with van der Waals surface area (Å²) in [6, 6.07) is 10.5. The maximum atomic E-state index is 11.0. The van der Waals surface area contributed by atoms with Gasteiger partial charge in [0.2, 0.25) is 0 Å². The third kappa shape index (κ3) is 5.25. The number of non-ortho nitro benzene ring substituents is 1. The molecular formula is C19H13N3O5S2. The van der Waals surface area contributed by atoms with E-state index in [4.69, 9.17) is 9.84 Å². The average Bonchev–Trinajstić information content (AvgIpc) is 3.18. The van der Waals surface area contributed by atoms with Crippen molar-refractivity contribution < 1.29 is 19.6 Å². The van der Waals surface area contributed by atoms with Gasteiger partial charge in [-0.1, -0.05) is 5.92 Å². The largest absolute Gasteiger partial charge is 0.495 e. The Kier molecular flexibility index (Phi) is 6.33. The number of thiazole rings is 1. The Labute approximate surface area is 173 Å². The molecule has 3 aromatic rings. The summed E-state index contributed by atoms with van der Waals surface area (Å²) >= 11 is 2.61. The van der Waals surface area contributed by atoms with Gasteiger partial charge in [0.1, 0.15) is 10.8 Å². The molecule has 0 amide bonds. The molecule has 3 rings (SSSR count). The Morgan fingerprint density at radius 3 is 2.69 bits per heavy atom. The van der Waals surface area contributed by atoms with Crippen molar-refractivity contribution in [3.63, 3.8) is 0 Å². The molecule has 0 saturated heterocycles. The standard InChI is InChI=1S/C19H13N3O5S2/c1-27-16-10-13(19(23)24)5-8-15(16)21-29-18-11-28-17(20-18)9-4-12-2-6-14(7-3-12)22(25)26/h2-3,5-8,10-11,21H,1H3,(H,23,24).